The van der Waals surface area contributed by atoms with E-state index < -0.39 is 0 Å². The molecule has 0 radical (unpaired) electrons. The summed E-state index contributed by atoms with van der Waals surface area (Å²) in [4.78, 5) is 14.6. The van der Waals surface area contributed by atoms with Gasteiger partial charge in [-0.1, -0.05) is 54.6 Å². The van der Waals surface area contributed by atoms with Crippen molar-refractivity contribution in [2.45, 2.75) is 19.4 Å². The first-order chi connectivity index (χ1) is 12.8. The molecule has 2 amide bonds. The SMILES string of the molecule is O=C(Nc1ccc2c(c1)Cc1ccccc1-2)N1CCc2ccccc2C1. The number of nitrogens with zero attached hydrogens (tertiary/aromatic N) is 1. The Kier molecular flexibility index (Phi) is 3.52. The van der Waals surface area contributed by atoms with Crippen LogP contribution in [0.3, 0.4) is 0 Å². The molecular formula is C23H20N2O. The fourth-order valence-electron chi connectivity index (χ4n) is 4.09. The number of rotatable bonds is 1. The molecule has 3 heteroatoms. The number of fused-ring (bicyclic) bond motifs is 4. The van der Waals surface area contributed by atoms with Gasteiger partial charge in [-0.15, -0.1) is 0 Å². The second-order valence-electron chi connectivity index (χ2n) is 7.08. The zero-order valence-electron chi connectivity index (χ0n) is 14.5. The standard InChI is InChI=1S/C23H20N2O/c26-23(25-12-11-16-5-1-2-7-18(16)15-25)24-20-9-10-22-19(14-20)13-17-6-3-4-8-21(17)22/h1-10,14H,11-13,15H2,(H,24,26). The van der Waals surface area contributed by atoms with Crippen LogP contribution in [0.5, 0.6) is 0 Å². The van der Waals surface area contributed by atoms with E-state index in [9.17, 15) is 4.79 Å². The lowest BCUT2D eigenvalue weighted by molar-refractivity contribution is 0.206. The first kappa shape index (κ1) is 15.2. The molecule has 3 aromatic carbocycles. The van der Waals surface area contributed by atoms with Crippen LogP contribution in [0.1, 0.15) is 22.3 Å². The van der Waals surface area contributed by atoms with Crippen LogP contribution in [0.15, 0.2) is 66.7 Å². The van der Waals surface area contributed by atoms with Crippen molar-refractivity contribution in [3.8, 4) is 11.1 Å². The number of carbonyl (C=O) groups is 1. The second kappa shape index (κ2) is 6.03. The van der Waals surface area contributed by atoms with Crippen LogP contribution in [0, 0.1) is 0 Å². The van der Waals surface area contributed by atoms with Crippen LogP contribution < -0.4 is 5.32 Å². The highest BCUT2D eigenvalue weighted by atomic mass is 16.2. The van der Waals surface area contributed by atoms with Crippen molar-refractivity contribution in [2.75, 3.05) is 11.9 Å². The van der Waals surface area contributed by atoms with E-state index in [0.29, 0.717) is 6.54 Å². The summed E-state index contributed by atoms with van der Waals surface area (Å²) in [6.45, 7) is 1.44. The van der Waals surface area contributed by atoms with E-state index in [2.05, 4.69) is 59.9 Å². The fourth-order valence-corrected chi connectivity index (χ4v) is 4.09. The Morgan fingerprint density at radius 1 is 0.808 bits per heavy atom. The summed E-state index contributed by atoms with van der Waals surface area (Å²) >= 11 is 0. The van der Waals surface area contributed by atoms with E-state index in [1.54, 1.807) is 0 Å². The van der Waals surface area contributed by atoms with Crippen molar-refractivity contribution in [3.63, 3.8) is 0 Å². The van der Waals surface area contributed by atoms with Gasteiger partial charge in [0.2, 0.25) is 0 Å². The molecule has 0 saturated heterocycles. The maximum absolute atomic E-state index is 12.7. The van der Waals surface area contributed by atoms with Crippen molar-refractivity contribution in [1.82, 2.24) is 4.90 Å². The Bertz CT molecular complexity index is 1010. The van der Waals surface area contributed by atoms with Gasteiger partial charge in [-0.2, -0.15) is 0 Å². The largest absolute Gasteiger partial charge is 0.322 e. The lowest BCUT2D eigenvalue weighted by atomic mass is 10.0. The van der Waals surface area contributed by atoms with E-state index in [4.69, 9.17) is 0 Å². The van der Waals surface area contributed by atoms with Gasteiger partial charge in [-0.25, -0.2) is 4.79 Å². The monoisotopic (exact) mass is 340 g/mol. The average molecular weight is 340 g/mol. The van der Waals surface area contributed by atoms with Gasteiger partial charge >= 0.3 is 6.03 Å². The van der Waals surface area contributed by atoms with Crippen molar-refractivity contribution >= 4 is 11.7 Å². The molecule has 1 N–H and O–H groups in total. The number of amides is 2. The Hall–Kier alpha value is -3.07. The number of urea groups is 1. The van der Waals surface area contributed by atoms with Gasteiger partial charge in [0, 0.05) is 18.8 Å². The topological polar surface area (TPSA) is 32.3 Å². The van der Waals surface area contributed by atoms with E-state index >= 15 is 0 Å². The molecule has 0 atom stereocenters. The average Bonchev–Trinajstić information content (AvgIpc) is 3.05. The van der Waals surface area contributed by atoms with Crippen molar-refractivity contribution < 1.29 is 4.79 Å². The summed E-state index contributed by atoms with van der Waals surface area (Å²) in [6.07, 6.45) is 1.86. The molecule has 128 valence electrons. The van der Waals surface area contributed by atoms with Crippen LogP contribution in [0.2, 0.25) is 0 Å². The lowest BCUT2D eigenvalue weighted by Gasteiger charge is -2.29. The fraction of sp³-hybridized carbons (Fsp3) is 0.174. The van der Waals surface area contributed by atoms with Crippen LogP contribution >= 0.6 is 0 Å². The summed E-state index contributed by atoms with van der Waals surface area (Å²) in [7, 11) is 0. The molecule has 0 bridgehead atoms. The Labute approximate surface area is 153 Å². The Morgan fingerprint density at radius 2 is 1.54 bits per heavy atom. The summed E-state index contributed by atoms with van der Waals surface area (Å²) in [6, 6.07) is 23.1. The van der Waals surface area contributed by atoms with E-state index in [-0.39, 0.29) is 6.03 Å². The molecule has 1 heterocycles. The summed E-state index contributed by atoms with van der Waals surface area (Å²) in [5, 5.41) is 3.09. The van der Waals surface area contributed by atoms with Gasteiger partial charge in [0.1, 0.15) is 0 Å². The first-order valence-corrected chi connectivity index (χ1v) is 9.12. The minimum Gasteiger partial charge on any atom is -0.320 e. The summed E-state index contributed by atoms with van der Waals surface area (Å²) in [5.74, 6) is 0. The molecule has 0 saturated carbocycles. The van der Waals surface area contributed by atoms with E-state index in [1.807, 2.05) is 17.0 Å². The highest BCUT2D eigenvalue weighted by Crippen LogP contribution is 2.37. The second-order valence-corrected chi connectivity index (χ2v) is 7.08. The van der Waals surface area contributed by atoms with Gasteiger partial charge < -0.3 is 10.2 Å². The number of carbonyl (C=O) groups excluding carboxylic acids is 1. The summed E-state index contributed by atoms with van der Waals surface area (Å²) < 4.78 is 0. The third-order valence-corrected chi connectivity index (χ3v) is 5.46. The predicted molar refractivity (Wildman–Crippen MR) is 104 cm³/mol. The van der Waals surface area contributed by atoms with Crippen LogP contribution in [0.4, 0.5) is 10.5 Å². The molecule has 5 rings (SSSR count). The number of anilines is 1. The molecule has 1 aliphatic heterocycles. The quantitative estimate of drug-likeness (QED) is 0.528. The zero-order chi connectivity index (χ0) is 17.5. The van der Waals surface area contributed by atoms with Crippen molar-refractivity contribution in [1.29, 1.82) is 0 Å². The molecule has 2 aliphatic rings. The van der Waals surface area contributed by atoms with E-state index in [1.165, 1.54) is 33.4 Å². The van der Waals surface area contributed by atoms with Crippen molar-refractivity contribution in [3.05, 3.63) is 89.0 Å². The third-order valence-electron chi connectivity index (χ3n) is 5.46. The number of hydrogen-bond donors (Lipinski definition) is 1. The zero-order valence-corrected chi connectivity index (χ0v) is 14.5. The highest BCUT2D eigenvalue weighted by Gasteiger charge is 2.22. The molecule has 0 fully saturated rings. The van der Waals surface area contributed by atoms with Gasteiger partial charge in [0.25, 0.3) is 0 Å². The maximum atomic E-state index is 12.7. The highest BCUT2D eigenvalue weighted by molar-refractivity contribution is 5.90. The molecule has 0 aromatic heterocycles. The van der Waals surface area contributed by atoms with Gasteiger partial charge in [-0.3, -0.25) is 0 Å². The maximum Gasteiger partial charge on any atom is 0.322 e. The predicted octanol–water partition coefficient (Wildman–Crippen LogP) is 4.85. The molecular weight excluding hydrogens is 320 g/mol. The number of benzene rings is 3. The minimum absolute atomic E-state index is 0.0186. The summed E-state index contributed by atoms with van der Waals surface area (Å²) in [5.41, 5.74) is 8.72. The van der Waals surface area contributed by atoms with Crippen LogP contribution in [-0.4, -0.2) is 17.5 Å². The van der Waals surface area contributed by atoms with Gasteiger partial charge in [0.05, 0.1) is 0 Å². The molecule has 0 spiro atoms. The Morgan fingerprint density at radius 3 is 2.42 bits per heavy atom. The van der Waals surface area contributed by atoms with Crippen LogP contribution in [0.25, 0.3) is 11.1 Å². The molecule has 3 aromatic rings. The third kappa shape index (κ3) is 2.57. The Balaban J connectivity index is 1.33. The minimum atomic E-state index is -0.0186. The molecule has 26 heavy (non-hydrogen) atoms. The van der Waals surface area contributed by atoms with Gasteiger partial charge in [-0.05, 0) is 58.4 Å². The smallest absolute Gasteiger partial charge is 0.320 e. The first-order valence-electron chi connectivity index (χ1n) is 9.12. The molecule has 1 aliphatic carbocycles. The normalized spacial score (nSPS) is 14.4. The van der Waals surface area contributed by atoms with E-state index in [0.717, 1.165) is 25.1 Å². The molecule has 0 unspecified atom stereocenters. The lowest BCUT2D eigenvalue weighted by Crippen LogP contribution is -2.38. The number of hydrogen-bond acceptors (Lipinski definition) is 1. The number of nitrogens with one attached hydrogen (secondary N) is 1. The van der Waals surface area contributed by atoms with Crippen LogP contribution in [-0.2, 0) is 19.4 Å². The molecule has 3 nitrogen and oxygen atoms in total. The van der Waals surface area contributed by atoms with Gasteiger partial charge in [0.15, 0.2) is 0 Å². The van der Waals surface area contributed by atoms with Crippen molar-refractivity contribution in [2.24, 2.45) is 0 Å².